The molecular formula is C17H30N6O8S. The van der Waals surface area contributed by atoms with Crippen LogP contribution in [-0.4, -0.2) is 88.0 Å². The zero-order chi connectivity index (χ0) is 25.0. The van der Waals surface area contributed by atoms with Gasteiger partial charge in [0.15, 0.2) is 0 Å². The summed E-state index contributed by atoms with van der Waals surface area (Å²) < 4.78 is 0. The molecule has 11 N–H and O–H groups in total. The largest absolute Gasteiger partial charge is 0.480 e. The zero-order valence-electron chi connectivity index (χ0n) is 17.7. The summed E-state index contributed by atoms with van der Waals surface area (Å²) >= 11 is 1.36. The van der Waals surface area contributed by atoms with Crippen LogP contribution in [0.4, 0.5) is 0 Å². The van der Waals surface area contributed by atoms with Crippen LogP contribution < -0.4 is 33.2 Å². The molecule has 0 bridgehead atoms. The molecule has 14 nitrogen and oxygen atoms in total. The molecule has 0 aromatic rings. The van der Waals surface area contributed by atoms with Gasteiger partial charge in [-0.2, -0.15) is 11.8 Å². The molecule has 0 spiro atoms. The quantitative estimate of drug-likeness (QED) is 0.112. The summed E-state index contributed by atoms with van der Waals surface area (Å²) in [5.74, 6) is -5.76. The number of hydrogen-bond acceptors (Lipinski definition) is 9. The molecule has 0 heterocycles. The molecule has 5 atom stereocenters. The minimum Gasteiger partial charge on any atom is -0.480 e. The number of nitrogens with one attached hydrogen (secondary N) is 3. The fourth-order valence-corrected chi connectivity index (χ4v) is 2.88. The minimum atomic E-state index is -1.61. The Morgan fingerprint density at radius 1 is 0.875 bits per heavy atom. The van der Waals surface area contributed by atoms with E-state index in [9.17, 15) is 39.0 Å². The van der Waals surface area contributed by atoms with Crippen LogP contribution in [0.2, 0.25) is 0 Å². The SMILES string of the molecule is CSCCC(NC(=O)C(NC(=O)C(CC(N)=O)NC(=O)C(N)CC(N)=O)C(C)O)C(=O)O. The van der Waals surface area contributed by atoms with E-state index in [1.54, 1.807) is 6.26 Å². The number of aliphatic carboxylic acids is 1. The van der Waals surface area contributed by atoms with Crippen LogP contribution in [0.5, 0.6) is 0 Å². The maximum atomic E-state index is 12.6. The van der Waals surface area contributed by atoms with Crippen LogP contribution in [0.15, 0.2) is 0 Å². The summed E-state index contributed by atoms with van der Waals surface area (Å²) in [6.07, 6.45) is -0.818. The summed E-state index contributed by atoms with van der Waals surface area (Å²) in [4.78, 5) is 70.7. The van der Waals surface area contributed by atoms with Crippen molar-refractivity contribution in [2.45, 2.75) is 56.5 Å². The number of thioether (sulfide) groups is 1. The minimum absolute atomic E-state index is 0.0980. The highest BCUT2D eigenvalue weighted by molar-refractivity contribution is 7.98. The predicted octanol–water partition coefficient (Wildman–Crippen LogP) is -4.26. The number of amides is 5. The normalized spacial score (nSPS) is 15.4. The lowest BCUT2D eigenvalue weighted by atomic mass is 10.1. The van der Waals surface area contributed by atoms with Crippen LogP contribution in [-0.2, 0) is 28.8 Å². The lowest BCUT2D eigenvalue weighted by molar-refractivity contribution is -0.143. The van der Waals surface area contributed by atoms with E-state index in [0.29, 0.717) is 5.75 Å². The number of carbonyl (C=O) groups is 6. The van der Waals surface area contributed by atoms with Crippen molar-refractivity contribution in [3.8, 4) is 0 Å². The van der Waals surface area contributed by atoms with Gasteiger partial charge in [0.05, 0.1) is 25.0 Å². The van der Waals surface area contributed by atoms with Crippen molar-refractivity contribution >= 4 is 47.3 Å². The second kappa shape index (κ2) is 14.2. The van der Waals surface area contributed by atoms with Crippen molar-refractivity contribution in [2.75, 3.05) is 12.0 Å². The molecule has 0 aliphatic rings. The molecule has 0 radical (unpaired) electrons. The summed E-state index contributed by atoms with van der Waals surface area (Å²) in [6.45, 7) is 1.17. The molecule has 0 aromatic carbocycles. The van der Waals surface area contributed by atoms with Gasteiger partial charge < -0.3 is 43.4 Å². The van der Waals surface area contributed by atoms with Gasteiger partial charge in [-0.3, -0.25) is 24.0 Å². The average Bonchev–Trinajstić information content (AvgIpc) is 2.66. The van der Waals surface area contributed by atoms with Crippen molar-refractivity contribution in [1.29, 1.82) is 0 Å². The van der Waals surface area contributed by atoms with E-state index in [-0.39, 0.29) is 6.42 Å². The number of carboxylic acids is 1. The first kappa shape index (κ1) is 29.1. The van der Waals surface area contributed by atoms with Gasteiger partial charge in [-0.1, -0.05) is 0 Å². The molecule has 0 aliphatic carbocycles. The fourth-order valence-electron chi connectivity index (χ4n) is 2.41. The lowest BCUT2D eigenvalue weighted by Gasteiger charge is -2.26. The number of hydrogen-bond donors (Lipinski definition) is 8. The van der Waals surface area contributed by atoms with Crippen LogP contribution in [0.25, 0.3) is 0 Å². The third-order valence-corrected chi connectivity index (χ3v) is 4.73. The standard InChI is InChI=1S/C17H30N6O8S/c1-7(24)13(16(29)21-9(17(30)31)3-4-32-2)23-15(28)10(6-12(20)26)22-14(27)8(18)5-11(19)25/h7-10,13,24H,3-6,18H2,1-2H3,(H2,19,25)(H2,20,26)(H,21,29)(H,22,27)(H,23,28)(H,30,31). The number of carbonyl (C=O) groups excluding carboxylic acids is 5. The summed E-state index contributed by atoms with van der Waals surface area (Å²) in [7, 11) is 0. The molecule has 182 valence electrons. The number of aliphatic hydroxyl groups is 1. The molecule has 0 saturated heterocycles. The topological polar surface area (TPSA) is 257 Å². The first-order valence-corrected chi connectivity index (χ1v) is 10.8. The van der Waals surface area contributed by atoms with E-state index in [2.05, 4.69) is 16.0 Å². The van der Waals surface area contributed by atoms with Gasteiger partial charge in [-0.15, -0.1) is 0 Å². The van der Waals surface area contributed by atoms with Gasteiger partial charge in [-0.25, -0.2) is 4.79 Å². The summed E-state index contributed by atoms with van der Waals surface area (Å²) in [6, 6.07) is -5.86. The van der Waals surface area contributed by atoms with Gasteiger partial charge in [0.2, 0.25) is 29.5 Å². The van der Waals surface area contributed by atoms with Crippen molar-refractivity contribution in [3.05, 3.63) is 0 Å². The van der Waals surface area contributed by atoms with E-state index >= 15 is 0 Å². The molecule has 0 rings (SSSR count). The van der Waals surface area contributed by atoms with E-state index in [0.717, 1.165) is 0 Å². The maximum Gasteiger partial charge on any atom is 0.326 e. The van der Waals surface area contributed by atoms with E-state index in [4.69, 9.17) is 17.2 Å². The maximum absolute atomic E-state index is 12.6. The van der Waals surface area contributed by atoms with Gasteiger partial charge in [0.1, 0.15) is 18.1 Å². The monoisotopic (exact) mass is 478 g/mol. The highest BCUT2D eigenvalue weighted by Gasteiger charge is 2.33. The lowest BCUT2D eigenvalue weighted by Crippen LogP contribution is -2.60. The highest BCUT2D eigenvalue weighted by Crippen LogP contribution is 2.04. The van der Waals surface area contributed by atoms with E-state index in [1.807, 2.05) is 0 Å². The van der Waals surface area contributed by atoms with E-state index in [1.165, 1.54) is 18.7 Å². The van der Waals surface area contributed by atoms with E-state index < -0.39 is 78.6 Å². The molecular weight excluding hydrogens is 448 g/mol. The van der Waals surface area contributed by atoms with Crippen molar-refractivity contribution < 1.29 is 39.0 Å². The molecule has 32 heavy (non-hydrogen) atoms. The Bertz CT molecular complexity index is 719. The Labute approximate surface area is 188 Å². The Morgan fingerprint density at radius 3 is 1.84 bits per heavy atom. The van der Waals surface area contributed by atoms with Gasteiger partial charge in [0, 0.05) is 0 Å². The van der Waals surface area contributed by atoms with Gasteiger partial charge in [-0.05, 0) is 25.4 Å². The molecule has 5 unspecified atom stereocenters. The number of aliphatic hydroxyl groups excluding tert-OH is 1. The Morgan fingerprint density at radius 2 is 1.41 bits per heavy atom. The first-order valence-electron chi connectivity index (χ1n) is 9.43. The van der Waals surface area contributed by atoms with Crippen LogP contribution in [0.3, 0.4) is 0 Å². The average molecular weight is 479 g/mol. The molecule has 0 aliphatic heterocycles. The molecule has 0 fully saturated rings. The van der Waals surface area contributed by atoms with Crippen molar-refractivity contribution in [2.24, 2.45) is 17.2 Å². The zero-order valence-corrected chi connectivity index (χ0v) is 18.5. The van der Waals surface area contributed by atoms with Crippen LogP contribution >= 0.6 is 11.8 Å². The highest BCUT2D eigenvalue weighted by atomic mass is 32.2. The summed E-state index contributed by atoms with van der Waals surface area (Å²) in [5, 5.41) is 25.7. The predicted molar refractivity (Wildman–Crippen MR) is 114 cm³/mol. The number of carboxylic acid groups (broad SMARTS) is 1. The van der Waals surface area contributed by atoms with Crippen LogP contribution in [0.1, 0.15) is 26.2 Å². The summed E-state index contributed by atoms with van der Waals surface area (Å²) in [5.41, 5.74) is 15.5. The molecule has 0 saturated carbocycles. The second-order valence-electron chi connectivity index (χ2n) is 6.92. The third-order valence-electron chi connectivity index (χ3n) is 4.08. The Hall–Kier alpha value is -2.91. The third kappa shape index (κ3) is 10.9. The smallest absolute Gasteiger partial charge is 0.326 e. The molecule has 15 heteroatoms. The van der Waals surface area contributed by atoms with Crippen LogP contribution in [0, 0.1) is 0 Å². The number of nitrogens with two attached hydrogens (primary N) is 3. The van der Waals surface area contributed by atoms with Crippen molar-refractivity contribution in [1.82, 2.24) is 16.0 Å². The number of primary amides is 2. The number of rotatable bonds is 15. The Balaban J connectivity index is 5.41. The molecule has 5 amide bonds. The van der Waals surface area contributed by atoms with Gasteiger partial charge in [0.25, 0.3) is 0 Å². The molecule has 0 aromatic heterocycles. The Kier molecular flexibility index (Phi) is 12.9. The second-order valence-corrected chi connectivity index (χ2v) is 7.90. The van der Waals surface area contributed by atoms with Gasteiger partial charge >= 0.3 is 5.97 Å². The van der Waals surface area contributed by atoms with Crippen molar-refractivity contribution in [3.63, 3.8) is 0 Å². The first-order chi connectivity index (χ1) is 14.8. The fraction of sp³-hybridized carbons (Fsp3) is 0.647.